The first-order valence-corrected chi connectivity index (χ1v) is 14.3. The predicted octanol–water partition coefficient (Wildman–Crippen LogP) is 5.02. The van der Waals surface area contributed by atoms with Crippen molar-refractivity contribution in [3.63, 3.8) is 0 Å². The fraction of sp³-hybridized carbons (Fsp3) is 0.310. The van der Waals surface area contributed by atoms with Crippen molar-refractivity contribution < 1.29 is 27.1 Å². The maximum absolute atomic E-state index is 13.9. The molecule has 1 unspecified atom stereocenters. The molecule has 1 atom stereocenters. The molecule has 3 rings (SSSR count). The van der Waals surface area contributed by atoms with Crippen molar-refractivity contribution in [2.45, 2.75) is 50.7 Å². The summed E-state index contributed by atoms with van der Waals surface area (Å²) in [5.74, 6) is -1.19. The number of ether oxygens (including phenoxy) is 1. The molecule has 0 aliphatic heterocycles. The van der Waals surface area contributed by atoms with Crippen molar-refractivity contribution >= 4 is 39.1 Å². The van der Waals surface area contributed by atoms with Gasteiger partial charge >= 0.3 is 0 Å². The molecule has 11 heteroatoms. The van der Waals surface area contributed by atoms with Gasteiger partial charge < -0.3 is 15.0 Å². The molecule has 0 radical (unpaired) electrons. The smallest absolute Gasteiger partial charge is 0.264 e. The number of halogens is 2. The molecular formula is C29H33ClFN3O5S. The third-order valence-electron chi connectivity index (χ3n) is 6.00. The summed E-state index contributed by atoms with van der Waals surface area (Å²) in [5, 5.41) is 3.26. The Hall–Kier alpha value is -3.63. The summed E-state index contributed by atoms with van der Waals surface area (Å²) in [6.45, 7) is 6.31. The van der Waals surface area contributed by atoms with Crippen LogP contribution in [0.25, 0.3) is 0 Å². The van der Waals surface area contributed by atoms with Crippen LogP contribution in [0, 0.1) is 5.82 Å². The molecule has 2 amide bonds. The van der Waals surface area contributed by atoms with Crippen LogP contribution in [0.15, 0.2) is 77.7 Å². The zero-order valence-corrected chi connectivity index (χ0v) is 24.6. The molecule has 0 spiro atoms. The Morgan fingerprint density at radius 3 is 2.15 bits per heavy atom. The van der Waals surface area contributed by atoms with Crippen LogP contribution in [0.3, 0.4) is 0 Å². The van der Waals surface area contributed by atoms with Gasteiger partial charge in [-0.1, -0.05) is 29.8 Å². The van der Waals surface area contributed by atoms with Crippen LogP contribution in [0.4, 0.5) is 10.1 Å². The lowest BCUT2D eigenvalue weighted by atomic mass is 10.1. The van der Waals surface area contributed by atoms with E-state index in [9.17, 15) is 22.4 Å². The fourth-order valence-electron chi connectivity index (χ4n) is 3.88. The minimum atomic E-state index is -4.30. The Labute approximate surface area is 239 Å². The molecule has 0 fully saturated rings. The molecule has 0 bridgehead atoms. The molecule has 0 saturated carbocycles. The second-order valence-corrected chi connectivity index (χ2v) is 12.5. The minimum absolute atomic E-state index is 0.0446. The average molecular weight is 590 g/mol. The Morgan fingerprint density at radius 2 is 1.60 bits per heavy atom. The fourth-order valence-corrected chi connectivity index (χ4v) is 5.49. The first-order valence-electron chi connectivity index (χ1n) is 12.5. The maximum Gasteiger partial charge on any atom is 0.264 e. The van der Waals surface area contributed by atoms with Crippen molar-refractivity contribution in [1.29, 1.82) is 0 Å². The predicted molar refractivity (Wildman–Crippen MR) is 153 cm³/mol. The van der Waals surface area contributed by atoms with Gasteiger partial charge in [-0.3, -0.25) is 13.9 Å². The third-order valence-corrected chi connectivity index (χ3v) is 8.16. The molecule has 214 valence electrons. The van der Waals surface area contributed by atoms with Gasteiger partial charge in [0.15, 0.2) is 0 Å². The molecule has 40 heavy (non-hydrogen) atoms. The van der Waals surface area contributed by atoms with Crippen LogP contribution in [0.2, 0.25) is 5.02 Å². The van der Waals surface area contributed by atoms with Crippen LogP contribution in [-0.4, -0.2) is 50.4 Å². The molecule has 3 aromatic rings. The van der Waals surface area contributed by atoms with Crippen LogP contribution in [0.1, 0.15) is 33.3 Å². The van der Waals surface area contributed by atoms with Gasteiger partial charge in [0, 0.05) is 17.1 Å². The van der Waals surface area contributed by atoms with Crippen molar-refractivity contribution in [2.75, 3.05) is 18.0 Å². The number of benzene rings is 3. The van der Waals surface area contributed by atoms with Gasteiger partial charge in [0.05, 0.1) is 17.7 Å². The highest BCUT2D eigenvalue weighted by Gasteiger charge is 2.33. The number of methoxy groups -OCH3 is 1. The van der Waals surface area contributed by atoms with E-state index in [1.165, 1.54) is 48.4 Å². The summed E-state index contributed by atoms with van der Waals surface area (Å²) < 4.78 is 47.4. The van der Waals surface area contributed by atoms with Crippen LogP contribution < -0.4 is 14.4 Å². The highest BCUT2D eigenvalue weighted by molar-refractivity contribution is 7.92. The van der Waals surface area contributed by atoms with Gasteiger partial charge in [0.1, 0.15) is 24.2 Å². The first-order chi connectivity index (χ1) is 18.7. The second kappa shape index (κ2) is 12.7. The molecular weight excluding hydrogens is 557 g/mol. The summed E-state index contributed by atoms with van der Waals surface area (Å²) in [5.41, 5.74) is 0.0943. The van der Waals surface area contributed by atoms with E-state index in [-0.39, 0.29) is 17.1 Å². The number of rotatable bonds is 10. The number of nitrogens with zero attached hydrogens (tertiary/aromatic N) is 2. The van der Waals surface area contributed by atoms with Crippen molar-refractivity contribution in [1.82, 2.24) is 10.2 Å². The largest absolute Gasteiger partial charge is 0.497 e. The van der Waals surface area contributed by atoms with E-state index in [4.69, 9.17) is 16.3 Å². The number of sulfonamides is 1. The Bertz CT molecular complexity index is 1440. The lowest BCUT2D eigenvalue weighted by Gasteiger charge is -2.33. The minimum Gasteiger partial charge on any atom is -0.497 e. The highest BCUT2D eigenvalue weighted by Crippen LogP contribution is 2.27. The molecule has 0 aliphatic rings. The summed E-state index contributed by atoms with van der Waals surface area (Å²) in [4.78, 5) is 28.2. The number of carbonyl (C=O) groups is 2. The lowest BCUT2D eigenvalue weighted by molar-refractivity contribution is -0.140. The Balaban J connectivity index is 2.04. The summed E-state index contributed by atoms with van der Waals surface area (Å²) in [6, 6.07) is 16.4. The van der Waals surface area contributed by atoms with E-state index in [2.05, 4.69) is 5.32 Å². The van der Waals surface area contributed by atoms with E-state index >= 15 is 0 Å². The SMILES string of the molecule is COc1ccc(S(=O)(=O)N(CC(=O)N(Cc2ccccc2Cl)C(C)C(=O)NC(C)(C)C)c2ccc(F)cc2)cc1. The molecule has 0 saturated heterocycles. The van der Waals surface area contributed by atoms with Crippen molar-refractivity contribution in [3.8, 4) is 5.75 Å². The molecule has 0 aliphatic carbocycles. The number of anilines is 1. The van der Waals surface area contributed by atoms with Gasteiger partial charge in [-0.15, -0.1) is 0 Å². The van der Waals surface area contributed by atoms with Gasteiger partial charge in [0.25, 0.3) is 10.0 Å². The average Bonchev–Trinajstić information content (AvgIpc) is 2.90. The molecule has 8 nitrogen and oxygen atoms in total. The highest BCUT2D eigenvalue weighted by atomic mass is 35.5. The lowest BCUT2D eigenvalue weighted by Crippen LogP contribution is -2.54. The number of nitrogens with one attached hydrogen (secondary N) is 1. The maximum atomic E-state index is 13.9. The summed E-state index contributed by atoms with van der Waals surface area (Å²) in [6.07, 6.45) is 0. The van der Waals surface area contributed by atoms with E-state index in [0.29, 0.717) is 16.3 Å². The van der Waals surface area contributed by atoms with Crippen molar-refractivity contribution in [3.05, 3.63) is 89.2 Å². The van der Waals surface area contributed by atoms with E-state index in [0.717, 1.165) is 16.4 Å². The summed E-state index contributed by atoms with van der Waals surface area (Å²) >= 11 is 6.37. The van der Waals surface area contributed by atoms with Gasteiger partial charge in [-0.2, -0.15) is 0 Å². The Kier molecular flexibility index (Phi) is 9.81. The van der Waals surface area contributed by atoms with Crippen LogP contribution in [0.5, 0.6) is 5.75 Å². The topological polar surface area (TPSA) is 96.0 Å². The Morgan fingerprint density at radius 1 is 1.00 bits per heavy atom. The number of hydrogen-bond donors (Lipinski definition) is 1. The normalized spacial score (nSPS) is 12.4. The van der Waals surface area contributed by atoms with E-state index in [1.54, 1.807) is 31.2 Å². The molecule has 1 N–H and O–H groups in total. The van der Waals surface area contributed by atoms with Crippen molar-refractivity contribution in [2.24, 2.45) is 0 Å². The van der Waals surface area contributed by atoms with Gasteiger partial charge in [-0.05, 0) is 87.9 Å². The second-order valence-electron chi connectivity index (χ2n) is 10.2. The van der Waals surface area contributed by atoms with Crippen LogP contribution >= 0.6 is 11.6 Å². The van der Waals surface area contributed by atoms with E-state index in [1.807, 2.05) is 20.8 Å². The van der Waals surface area contributed by atoms with Gasteiger partial charge in [0.2, 0.25) is 11.8 Å². The molecule has 3 aromatic carbocycles. The van der Waals surface area contributed by atoms with E-state index < -0.39 is 45.8 Å². The van der Waals surface area contributed by atoms with Gasteiger partial charge in [-0.25, -0.2) is 12.8 Å². The zero-order chi connectivity index (χ0) is 29.7. The van der Waals surface area contributed by atoms with Crippen LogP contribution in [-0.2, 0) is 26.2 Å². The zero-order valence-electron chi connectivity index (χ0n) is 23.0. The number of carbonyl (C=O) groups excluding carboxylic acids is 2. The monoisotopic (exact) mass is 589 g/mol. The molecule has 0 heterocycles. The third kappa shape index (κ3) is 7.73. The standard InChI is InChI=1S/C29H33ClFN3O5S/c1-20(28(36)32-29(2,3)4)33(18-21-8-6-7-9-26(21)30)27(35)19-34(23-12-10-22(31)11-13-23)40(37,38)25-16-14-24(39-5)15-17-25/h6-17,20H,18-19H2,1-5H3,(H,32,36). The summed E-state index contributed by atoms with van der Waals surface area (Å²) in [7, 11) is -2.84. The molecule has 0 aromatic heterocycles. The number of hydrogen-bond acceptors (Lipinski definition) is 5. The first kappa shape index (κ1) is 30.9. The quantitative estimate of drug-likeness (QED) is 0.358. The number of amides is 2.